The first kappa shape index (κ1) is 15.7. The molecule has 0 aliphatic carbocycles. The van der Waals surface area contributed by atoms with Gasteiger partial charge in [0.05, 0.1) is 16.3 Å². The average Bonchev–Trinajstić information content (AvgIpc) is 2.76. The van der Waals surface area contributed by atoms with Crippen molar-refractivity contribution in [2.75, 3.05) is 5.75 Å². The number of nitrogens with two attached hydrogens (primary N) is 1. The number of imidazole rings is 1. The second kappa shape index (κ2) is 5.57. The van der Waals surface area contributed by atoms with Crippen LogP contribution in [-0.2, 0) is 15.1 Å². The van der Waals surface area contributed by atoms with Gasteiger partial charge in [-0.3, -0.25) is 9.59 Å². The summed E-state index contributed by atoms with van der Waals surface area (Å²) in [5, 5.41) is 9.66. The number of amides is 1. The maximum atomic E-state index is 11.8. The zero-order chi connectivity index (χ0) is 15.8. The second-order valence-electron chi connectivity index (χ2n) is 4.94. The number of thioether (sulfide) groups is 1. The van der Waals surface area contributed by atoms with E-state index in [1.165, 1.54) is 0 Å². The number of carboxylic acid groups (broad SMARTS) is 1. The Hall–Kier alpha value is -1.73. The first-order chi connectivity index (χ1) is 9.75. The molecule has 0 radical (unpaired) electrons. The van der Waals surface area contributed by atoms with Crippen molar-refractivity contribution in [3.63, 3.8) is 0 Å². The van der Waals surface area contributed by atoms with E-state index in [1.807, 2.05) is 0 Å². The molecule has 1 heterocycles. The molecule has 2 rings (SSSR count). The summed E-state index contributed by atoms with van der Waals surface area (Å²) >= 11 is 7.14. The standard InChI is InChI=1S/C13H14ClN3O3S/c1-13(2,11(15)20)17-8-5-3-4-7(14)10(8)16-12(17)21-6-9(18)19/h3-5H,6H2,1-2H3,(H2,15,20)(H,18,19). The molecular formula is C13H14ClN3O3S. The molecule has 0 spiro atoms. The molecule has 2 aromatic rings. The Morgan fingerprint density at radius 3 is 2.71 bits per heavy atom. The van der Waals surface area contributed by atoms with Crippen molar-refractivity contribution >= 4 is 46.3 Å². The molecular weight excluding hydrogens is 314 g/mol. The van der Waals surface area contributed by atoms with Gasteiger partial charge < -0.3 is 15.4 Å². The van der Waals surface area contributed by atoms with E-state index in [2.05, 4.69) is 4.98 Å². The Morgan fingerprint density at radius 1 is 1.48 bits per heavy atom. The van der Waals surface area contributed by atoms with Crippen molar-refractivity contribution in [3.05, 3.63) is 23.2 Å². The van der Waals surface area contributed by atoms with Crippen molar-refractivity contribution in [2.24, 2.45) is 5.73 Å². The van der Waals surface area contributed by atoms with Crippen LogP contribution in [-0.4, -0.2) is 32.3 Å². The van der Waals surface area contributed by atoms with Crippen LogP contribution in [0.4, 0.5) is 0 Å². The molecule has 1 aromatic heterocycles. The molecule has 6 nitrogen and oxygen atoms in total. The molecule has 0 unspecified atom stereocenters. The van der Waals surface area contributed by atoms with Gasteiger partial charge in [-0.1, -0.05) is 29.4 Å². The number of carbonyl (C=O) groups is 2. The van der Waals surface area contributed by atoms with Crippen molar-refractivity contribution in [1.82, 2.24) is 9.55 Å². The molecule has 0 bridgehead atoms. The fourth-order valence-corrected chi connectivity index (χ4v) is 2.99. The Morgan fingerprint density at radius 2 is 2.14 bits per heavy atom. The summed E-state index contributed by atoms with van der Waals surface area (Å²) < 4.78 is 1.63. The predicted octanol–water partition coefficient (Wildman–Crippen LogP) is 2.09. The van der Waals surface area contributed by atoms with Gasteiger partial charge in [0.1, 0.15) is 11.1 Å². The highest BCUT2D eigenvalue weighted by Gasteiger charge is 2.32. The van der Waals surface area contributed by atoms with E-state index in [-0.39, 0.29) is 5.75 Å². The van der Waals surface area contributed by atoms with E-state index in [0.717, 1.165) is 11.8 Å². The van der Waals surface area contributed by atoms with Gasteiger partial charge in [-0.15, -0.1) is 0 Å². The van der Waals surface area contributed by atoms with Gasteiger partial charge in [-0.05, 0) is 26.0 Å². The normalized spacial score (nSPS) is 11.8. The number of carbonyl (C=O) groups excluding carboxylic acids is 1. The minimum Gasteiger partial charge on any atom is -0.481 e. The van der Waals surface area contributed by atoms with Crippen LogP contribution in [0.5, 0.6) is 0 Å². The summed E-state index contributed by atoms with van der Waals surface area (Å²) in [6, 6.07) is 5.19. The highest BCUT2D eigenvalue weighted by atomic mass is 35.5. The topological polar surface area (TPSA) is 98.2 Å². The maximum absolute atomic E-state index is 11.8. The van der Waals surface area contributed by atoms with E-state index in [4.69, 9.17) is 22.4 Å². The highest BCUT2D eigenvalue weighted by molar-refractivity contribution is 7.99. The first-order valence-electron chi connectivity index (χ1n) is 6.07. The summed E-state index contributed by atoms with van der Waals surface area (Å²) in [7, 11) is 0. The lowest BCUT2D eigenvalue weighted by atomic mass is 10.0. The van der Waals surface area contributed by atoms with Crippen molar-refractivity contribution in [2.45, 2.75) is 24.5 Å². The molecule has 1 amide bonds. The Bertz CT molecular complexity index is 727. The van der Waals surface area contributed by atoms with Crippen LogP contribution in [0.25, 0.3) is 11.0 Å². The average molecular weight is 328 g/mol. The zero-order valence-electron chi connectivity index (χ0n) is 11.5. The van der Waals surface area contributed by atoms with Gasteiger partial charge in [0, 0.05) is 0 Å². The molecule has 0 aliphatic rings. The van der Waals surface area contributed by atoms with Gasteiger partial charge in [-0.25, -0.2) is 4.98 Å². The van der Waals surface area contributed by atoms with E-state index in [0.29, 0.717) is 21.2 Å². The number of nitrogens with zero attached hydrogens (tertiary/aromatic N) is 2. The van der Waals surface area contributed by atoms with Crippen molar-refractivity contribution < 1.29 is 14.7 Å². The summed E-state index contributed by atoms with van der Waals surface area (Å²) in [4.78, 5) is 26.9. The van der Waals surface area contributed by atoms with E-state index < -0.39 is 17.4 Å². The van der Waals surface area contributed by atoms with E-state index in [1.54, 1.807) is 36.6 Å². The number of aromatic nitrogens is 2. The molecule has 0 atom stereocenters. The number of hydrogen-bond donors (Lipinski definition) is 2. The van der Waals surface area contributed by atoms with Gasteiger partial charge in [0.15, 0.2) is 5.16 Å². The number of benzene rings is 1. The summed E-state index contributed by atoms with van der Waals surface area (Å²) in [6.07, 6.45) is 0. The van der Waals surface area contributed by atoms with Gasteiger partial charge in [0.2, 0.25) is 5.91 Å². The second-order valence-corrected chi connectivity index (χ2v) is 6.29. The van der Waals surface area contributed by atoms with Crippen LogP contribution < -0.4 is 5.73 Å². The molecule has 3 N–H and O–H groups in total. The van der Waals surface area contributed by atoms with Crippen LogP contribution in [0.2, 0.25) is 5.02 Å². The molecule has 0 saturated heterocycles. The number of rotatable bonds is 5. The smallest absolute Gasteiger partial charge is 0.313 e. The number of hydrogen-bond acceptors (Lipinski definition) is 4. The molecule has 8 heteroatoms. The number of carboxylic acids is 1. The fourth-order valence-electron chi connectivity index (χ4n) is 1.92. The minimum atomic E-state index is -1.06. The Kier molecular flexibility index (Phi) is 4.15. The lowest BCUT2D eigenvalue weighted by Crippen LogP contribution is -2.41. The largest absolute Gasteiger partial charge is 0.481 e. The molecule has 112 valence electrons. The lowest BCUT2D eigenvalue weighted by molar-refractivity contribution is -0.133. The predicted molar refractivity (Wildman–Crippen MR) is 81.6 cm³/mol. The molecule has 0 fully saturated rings. The SMILES string of the molecule is CC(C)(C(N)=O)n1c(SCC(=O)O)nc2c(Cl)cccc21. The quantitative estimate of drug-likeness (QED) is 0.819. The van der Waals surface area contributed by atoms with Crippen LogP contribution in [0.15, 0.2) is 23.4 Å². The highest BCUT2D eigenvalue weighted by Crippen LogP contribution is 2.33. The minimum absolute atomic E-state index is 0.171. The summed E-state index contributed by atoms with van der Waals surface area (Å²) in [5.41, 5.74) is 5.57. The number of para-hydroxylation sites is 1. The molecule has 0 saturated carbocycles. The third-order valence-corrected chi connectivity index (χ3v) is 4.32. The molecule has 1 aromatic carbocycles. The number of aliphatic carboxylic acids is 1. The zero-order valence-corrected chi connectivity index (χ0v) is 13.0. The van der Waals surface area contributed by atoms with E-state index >= 15 is 0 Å². The maximum Gasteiger partial charge on any atom is 0.313 e. The van der Waals surface area contributed by atoms with Gasteiger partial charge >= 0.3 is 5.97 Å². The summed E-state index contributed by atoms with van der Waals surface area (Å²) in [5.74, 6) is -1.68. The third-order valence-electron chi connectivity index (χ3n) is 3.09. The monoisotopic (exact) mass is 327 g/mol. The Balaban J connectivity index is 2.69. The van der Waals surface area contributed by atoms with Crippen LogP contribution in [0, 0.1) is 0 Å². The van der Waals surface area contributed by atoms with Gasteiger partial charge in [0.25, 0.3) is 0 Å². The van der Waals surface area contributed by atoms with Crippen molar-refractivity contribution in [3.8, 4) is 0 Å². The van der Waals surface area contributed by atoms with E-state index in [9.17, 15) is 9.59 Å². The molecule has 21 heavy (non-hydrogen) atoms. The third kappa shape index (κ3) is 2.84. The van der Waals surface area contributed by atoms with Crippen LogP contribution >= 0.6 is 23.4 Å². The number of halogens is 1. The number of primary amides is 1. The van der Waals surface area contributed by atoms with Crippen molar-refractivity contribution in [1.29, 1.82) is 0 Å². The molecule has 0 aliphatic heterocycles. The van der Waals surface area contributed by atoms with Crippen LogP contribution in [0.1, 0.15) is 13.8 Å². The Labute approximate surface area is 130 Å². The summed E-state index contributed by atoms with van der Waals surface area (Å²) in [6.45, 7) is 3.31. The first-order valence-corrected chi connectivity index (χ1v) is 7.43. The van der Waals surface area contributed by atoms with Crippen LogP contribution in [0.3, 0.4) is 0 Å². The number of fused-ring (bicyclic) bond motifs is 1. The fraction of sp³-hybridized carbons (Fsp3) is 0.308. The lowest BCUT2D eigenvalue weighted by Gasteiger charge is -2.25. The van der Waals surface area contributed by atoms with Gasteiger partial charge in [-0.2, -0.15) is 0 Å².